The predicted octanol–water partition coefficient (Wildman–Crippen LogP) is 2.49. The third kappa shape index (κ3) is 4.78. The number of aryl methyl sites for hydroxylation is 1. The maximum absolute atomic E-state index is 12.7. The van der Waals surface area contributed by atoms with Crippen molar-refractivity contribution in [1.82, 2.24) is 25.2 Å². The van der Waals surface area contributed by atoms with Crippen molar-refractivity contribution in [3.8, 4) is 0 Å². The summed E-state index contributed by atoms with van der Waals surface area (Å²) in [5.41, 5.74) is 3.28. The average Bonchev–Trinajstić information content (AvgIpc) is 2.80. The SMILES string of the molecule is Cc1ncnc(N2CCC(N3CCC[C@@H](C(=O)NCc4cccnc4)C3)CC2)c1C. The molecule has 1 N–H and O–H groups in total. The number of nitrogens with zero attached hydrogens (tertiary/aromatic N) is 5. The lowest BCUT2D eigenvalue weighted by Gasteiger charge is -2.42. The molecular weight excluding hydrogens is 376 g/mol. The molecule has 1 atom stereocenters. The Kier molecular flexibility index (Phi) is 6.57. The summed E-state index contributed by atoms with van der Waals surface area (Å²) in [6.45, 7) is 8.69. The van der Waals surface area contributed by atoms with Crippen LogP contribution in [0.25, 0.3) is 0 Å². The normalized spacial score (nSPS) is 20.9. The van der Waals surface area contributed by atoms with Gasteiger partial charge in [-0.1, -0.05) is 6.07 Å². The molecule has 4 heterocycles. The Morgan fingerprint density at radius 1 is 1.17 bits per heavy atom. The summed E-state index contributed by atoms with van der Waals surface area (Å²) in [5, 5.41) is 3.10. The van der Waals surface area contributed by atoms with Gasteiger partial charge in [0.25, 0.3) is 0 Å². The molecule has 4 rings (SSSR count). The van der Waals surface area contributed by atoms with Crippen molar-refractivity contribution in [3.63, 3.8) is 0 Å². The zero-order valence-corrected chi connectivity index (χ0v) is 18.0. The average molecular weight is 409 g/mol. The summed E-state index contributed by atoms with van der Waals surface area (Å²) in [4.78, 5) is 30.6. The summed E-state index contributed by atoms with van der Waals surface area (Å²) in [7, 11) is 0. The highest BCUT2D eigenvalue weighted by atomic mass is 16.1. The molecule has 7 nitrogen and oxygen atoms in total. The number of aromatic nitrogens is 3. The number of hydrogen-bond acceptors (Lipinski definition) is 6. The van der Waals surface area contributed by atoms with Crippen LogP contribution < -0.4 is 10.2 Å². The van der Waals surface area contributed by atoms with Gasteiger partial charge in [-0.05, 0) is 57.7 Å². The fraction of sp³-hybridized carbons (Fsp3) is 0.565. The number of hydrogen-bond donors (Lipinski definition) is 1. The van der Waals surface area contributed by atoms with E-state index in [9.17, 15) is 4.79 Å². The molecular formula is C23H32N6O. The molecule has 0 radical (unpaired) electrons. The molecule has 160 valence electrons. The number of carbonyl (C=O) groups is 1. The Hall–Kier alpha value is -2.54. The van der Waals surface area contributed by atoms with Crippen molar-refractivity contribution >= 4 is 11.7 Å². The van der Waals surface area contributed by atoms with E-state index in [1.807, 2.05) is 25.3 Å². The van der Waals surface area contributed by atoms with E-state index in [1.165, 1.54) is 5.56 Å². The van der Waals surface area contributed by atoms with Crippen molar-refractivity contribution in [1.29, 1.82) is 0 Å². The van der Waals surface area contributed by atoms with E-state index in [-0.39, 0.29) is 11.8 Å². The molecule has 2 aromatic rings. The quantitative estimate of drug-likeness (QED) is 0.819. The standard InChI is InChI=1S/C23H32N6O/c1-17-18(2)26-16-27-22(17)28-11-7-21(8-12-28)29-10-4-6-20(15-29)23(30)25-14-19-5-3-9-24-13-19/h3,5,9,13,16,20-21H,4,6-8,10-12,14-15H2,1-2H3,(H,25,30)/t20-/m1/s1. The number of pyridine rings is 1. The Morgan fingerprint density at radius 3 is 2.77 bits per heavy atom. The molecule has 2 saturated heterocycles. The van der Waals surface area contributed by atoms with Crippen molar-refractivity contribution in [3.05, 3.63) is 47.7 Å². The number of rotatable bonds is 5. The summed E-state index contributed by atoms with van der Waals surface area (Å²) in [5.74, 6) is 1.33. The van der Waals surface area contributed by atoms with E-state index in [2.05, 4.69) is 37.0 Å². The first-order valence-corrected chi connectivity index (χ1v) is 11.1. The number of piperidine rings is 2. The van der Waals surface area contributed by atoms with Gasteiger partial charge in [0.2, 0.25) is 5.91 Å². The lowest BCUT2D eigenvalue weighted by Crippen LogP contribution is -2.51. The van der Waals surface area contributed by atoms with Gasteiger partial charge in [-0.15, -0.1) is 0 Å². The fourth-order valence-electron chi connectivity index (χ4n) is 4.68. The Balaban J connectivity index is 1.29. The Labute approximate surface area is 178 Å². The van der Waals surface area contributed by atoms with E-state index in [0.29, 0.717) is 12.6 Å². The third-order valence-corrected chi connectivity index (χ3v) is 6.60. The number of carbonyl (C=O) groups excluding carboxylic acids is 1. The number of anilines is 1. The van der Waals surface area contributed by atoms with Crippen molar-refractivity contribution in [2.24, 2.45) is 5.92 Å². The molecule has 2 fully saturated rings. The van der Waals surface area contributed by atoms with Crippen LogP contribution >= 0.6 is 0 Å². The van der Waals surface area contributed by atoms with Gasteiger partial charge < -0.3 is 10.2 Å². The van der Waals surface area contributed by atoms with Gasteiger partial charge in [-0.3, -0.25) is 14.7 Å². The van der Waals surface area contributed by atoms with Crippen molar-refractivity contribution in [2.45, 2.75) is 52.1 Å². The fourth-order valence-corrected chi connectivity index (χ4v) is 4.68. The zero-order chi connectivity index (χ0) is 20.9. The minimum absolute atomic E-state index is 0.0835. The van der Waals surface area contributed by atoms with Crippen LogP contribution in [0.2, 0.25) is 0 Å². The van der Waals surface area contributed by atoms with Crippen LogP contribution in [-0.2, 0) is 11.3 Å². The van der Waals surface area contributed by atoms with Gasteiger partial charge >= 0.3 is 0 Å². The van der Waals surface area contributed by atoms with Gasteiger partial charge in [0.05, 0.1) is 5.92 Å². The van der Waals surface area contributed by atoms with E-state index >= 15 is 0 Å². The Morgan fingerprint density at radius 2 is 2.00 bits per heavy atom. The van der Waals surface area contributed by atoms with Gasteiger partial charge in [0.1, 0.15) is 12.1 Å². The molecule has 0 unspecified atom stereocenters. The van der Waals surface area contributed by atoms with Crippen molar-refractivity contribution in [2.75, 3.05) is 31.1 Å². The first-order chi connectivity index (χ1) is 14.6. The molecule has 0 aromatic carbocycles. The minimum atomic E-state index is 0.0835. The molecule has 2 aliphatic heterocycles. The lowest BCUT2D eigenvalue weighted by molar-refractivity contribution is -0.127. The molecule has 30 heavy (non-hydrogen) atoms. The molecule has 7 heteroatoms. The molecule has 1 amide bonds. The summed E-state index contributed by atoms with van der Waals surface area (Å²) >= 11 is 0. The largest absolute Gasteiger partial charge is 0.356 e. The van der Waals surface area contributed by atoms with Crippen LogP contribution in [0.5, 0.6) is 0 Å². The number of amides is 1. The summed E-state index contributed by atoms with van der Waals surface area (Å²) in [6, 6.07) is 4.45. The first-order valence-electron chi connectivity index (χ1n) is 11.1. The smallest absolute Gasteiger partial charge is 0.224 e. The molecule has 2 aromatic heterocycles. The molecule has 0 aliphatic carbocycles. The van der Waals surface area contributed by atoms with E-state index in [4.69, 9.17) is 0 Å². The second-order valence-electron chi connectivity index (χ2n) is 8.54. The maximum Gasteiger partial charge on any atom is 0.224 e. The second kappa shape index (κ2) is 9.51. The van der Waals surface area contributed by atoms with Crippen LogP contribution in [0.4, 0.5) is 5.82 Å². The predicted molar refractivity (Wildman–Crippen MR) is 117 cm³/mol. The van der Waals surface area contributed by atoms with Gasteiger partial charge in [-0.2, -0.15) is 0 Å². The monoisotopic (exact) mass is 408 g/mol. The molecule has 0 bridgehead atoms. The summed E-state index contributed by atoms with van der Waals surface area (Å²) < 4.78 is 0. The minimum Gasteiger partial charge on any atom is -0.356 e. The molecule has 0 saturated carbocycles. The number of likely N-dealkylation sites (tertiary alicyclic amines) is 1. The van der Waals surface area contributed by atoms with E-state index in [0.717, 1.165) is 68.9 Å². The lowest BCUT2D eigenvalue weighted by atomic mass is 9.93. The van der Waals surface area contributed by atoms with E-state index < -0.39 is 0 Å². The van der Waals surface area contributed by atoms with Crippen LogP contribution in [0, 0.1) is 19.8 Å². The topological polar surface area (TPSA) is 74.2 Å². The van der Waals surface area contributed by atoms with Crippen LogP contribution in [-0.4, -0.2) is 58.0 Å². The van der Waals surface area contributed by atoms with Crippen LogP contribution in [0.3, 0.4) is 0 Å². The van der Waals surface area contributed by atoms with Gasteiger partial charge in [0.15, 0.2) is 0 Å². The molecule has 0 spiro atoms. The van der Waals surface area contributed by atoms with E-state index in [1.54, 1.807) is 12.5 Å². The van der Waals surface area contributed by atoms with Gasteiger partial charge in [0, 0.05) is 55.9 Å². The Bertz CT molecular complexity index is 850. The first kappa shape index (κ1) is 20.7. The number of nitrogens with one attached hydrogen (secondary N) is 1. The molecule has 2 aliphatic rings. The highest BCUT2D eigenvalue weighted by Gasteiger charge is 2.32. The summed E-state index contributed by atoms with van der Waals surface area (Å²) in [6.07, 6.45) is 9.54. The van der Waals surface area contributed by atoms with Gasteiger partial charge in [-0.25, -0.2) is 9.97 Å². The maximum atomic E-state index is 12.7. The highest BCUT2D eigenvalue weighted by Crippen LogP contribution is 2.27. The zero-order valence-electron chi connectivity index (χ0n) is 18.0. The van der Waals surface area contributed by atoms with Crippen molar-refractivity contribution < 1.29 is 4.79 Å². The second-order valence-corrected chi connectivity index (χ2v) is 8.54. The van der Waals surface area contributed by atoms with Crippen LogP contribution in [0.15, 0.2) is 30.9 Å². The van der Waals surface area contributed by atoms with Crippen LogP contribution in [0.1, 0.15) is 42.5 Å². The third-order valence-electron chi connectivity index (χ3n) is 6.60. The highest BCUT2D eigenvalue weighted by molar-refractivity contribution is 5.79.